The fraction of sp³-hybridized carbons (Fsp3) is 0.600. The molecule has 0 heterocycles. The van der Waals surface area contributed by atoms with E-state index in [1.165, 1.54) is 17.1 Å². The van der Waals surface area contributed by atoms with Gasteiger partial charge in [0.05, 0.1) is 11.5 Å². The summed E-state index contributed by atoms with van der Waals surface area (Å²) in [5.41, 5.74) is 6.69. The topological polar surface area (TPSA) is 72.6 Å². The average Bonchev–Trinajstić information content (AvgIpc) is 3.27. The molecule has 1 fully saturated rings. The van der Waals surface area contributed by atoms with Crippen molar-refractivity contribution in [3.63, 3.8) is 0 Å². The van der Waals surface area contributed by atoms with Crippen LogP contribution in [0, 0.1) is 5.92 Å². The number of rotatable bonds is 8. The molecule has 1 aromatic carbocycles. The minimum atomic E-state index is -3.45. The van der Waals surface area contributed by atoms with E-state index in [4.69, 9.17) is 10.5 Å². The van der Waals surface area contributed by atoms with E-state index in [1.54, 1.807) is 31.3 Å². The van der Waals surface area contributed by atoms with Crippen LogP contribution in [-0.4, -0.2) is 39.5 Å². The molecule has 0 saturated heterocycles. The molecular weight excluding hydrogens is 288 g/mol. The summed E-state index contributed by atoms with van der Waals surface area (Å²) in [5, 5.41) is 0. The summed E-state index contributed by atoms with van der Waals surface area (Å²) < 4.78 is 31.6. The summed E-state index contributed by atoms with van der Waals surface area (Å²) in [4.78, 5) is 0.289. The summed E-state index contributed by atoms with van der Waals surface area (Å²) in [7, 11) is -1.88. The van der Waals surface area contributed by atoms with Gasteiger partial charge in [0.1, 0.15) is 0 Å². The zero-order valence-electron chi connectivity index (χ0n) is 12.7. The van der Waals surface area contributed by atoms with Gasteiger partial charge in [0.25, 0.3) is 0 Å². The predicted molar refractivity (Wildman–Crippen MR) is 82.4 cm³/mol. The number of hydrogen-bond donors (Lipinski definition) is 1. The number of sulfonamides is 1. The SMILES string of the molecule is CC(N)c1ccc(S(=O)(=O)N(C)CCOCC2CC2)cc1. The van der Waals surface area contributed by atoms with Crippen LogP contribution >= 0.6 is 0 Å². The first-order chi connectivity index (χ1) is 9.91. The van der Waals surface area contributed by atoms with Gasteiger partial charge < -0.3 is 10.5 Å². The molecule has 0 aliphatic heterocycles. The molecule has 5 nitrogen and oxygen atoms in total. The first kappa shape index (κ1) is 16.4. The summed E-state index contributed by atoms with van der Waals surface area (Å²) in [6.45, 7) is 3.41. The van der Waals surface area contributed by atoms with Gasteiger partial charge in [0, 0.05) is 26.2 Å². The first-order valence-electron chi connectivity index (χ1n) is 7.31. The van der Waals surface area contributed by atoms with Crippen LogP contribution in [0.1, 0.15) is 31.4 Å². The van der Waals surface area contributed by atoms with Crippen molar-refractivity contribution in [3.05, 3.63) is 29.8 Å². The van der Waals surface area contributed by atoms with E-state index in [2.05, 4.69) is 0 Å². The molecule has 1 aromatic rings. The molecule has 2 N–H and O–H groups in total. The molecule has 6 heteroatoms. The van der Waals surface area contributed by atoms with Crippen molar-refractivity contribution in [2.24, 2.45) is 11.7 Å². The Morgan fingerprint density at radius 2 is 1.95 bits per heavy atom. The van der Waals surface area contributed by atoms with Crippen LogP contribution in [0.4, 0.5) is 0 Å². The van der Waals surface area contributed by atoms with Crippen molar-refractivity contribution >= 4 is 10.0 Å². The van der Waals surface area contributed by atoms with Crippen LogP contribution in [0.25, 0.3) is 0 Å². The molecule has 0 radical (unpaired) electrons. The Balaban J connectivity index is 1.91. The Kier molecular flexibility index (Phi) is 5.37. The Bertz CT molecular complexity index is 551. The lowest BCUT2D eigenvalue weighted by Gasteiger charge is -2.17. The zero-order chi connectivity index (χ0) is 15.5. The molecule has 1 aliphatic carbocycles. The normalized spacial score (nSPS) is 17.1. The second-order valence-corrected chi connectivity index (χ2v) is 7.75. The average molecular weight is 312 g/mol. The predicted octanol–water partition coefficient (Wildman–Crippen LogP) is 1.75. The number of likely N-dealkylation sites (N-methyl/N-ethyl adjacent to an activating group) is 1. The minimum absolute atomic E-state index is 0.102. The van der Waals surface area contributed by atoms with Crippen molar-refractivity contribution < 1.29 is 13.2 Å². The lowest BCUT2D eigenvalue weighted by molar-refractivity contribution is 0.117. The van der Waals surface area contributed by atoms with Gasteiger partial charge in [-0.2, -0.15) is 4.31 Å². The smallest absolute Gasteiger partial charge is 0.242 e. The third kappa shape index (κ3) is 4.51. The van der Waals surface area contributed by atoms with Crippen LogP contribution in [0.15, 0.2) is 29.2 Å². The maximum atomic E-state index is 12.4. The highest BCUT2D eigenvalue weighted by Crippen LogP contribution is 2.28. The second kappa shape index (κ2) is 6.87. The summed E-state index contributed by atoms with van der Waals surface area (Å²) in [6, 6.07) is 6.63. The summed E-state index contributed by atoms with van der Waals surface area (Å²) in [6.07, 6.45) is 2.47. The Labute approximate surface area is 127 Å². The number of nitrogens with two attached hydrogens (primary N) is 1. The monoisotopic (exact) mass is 312 g/mol. The second-order valence-electron chi connectivity index (χ2n) is 5.70. The Morgan fingerprint density at radius 1 is 1.33 bits per heavy atom. The molecule has 21 heavy (non-hydrogen) atoms. The molecule has 1 atom stereocenters. The van der Waals surface area contributed by atoms with Crippen LogP contribution < -0.4 is 5.73 Å². The molecular formula is C15H24N2O3S. The van der Waals surface area contributed by atoms with Gasteiger partial charge in [-0.25, -0.2) is 8.42 Å². The maximum absolute atomic E-state index is 12.4. The van der Waals surface area contributed by atoms with Crippen LogP contribution in [-0.2, 0) is 14.8 Å². The zero-order valence-corrected chi connectivity index (χ0v) is 13.5. The van der Waals surface area contributed by atoms with Crippen molar-refractivity contribution in [1.29, 1.82) is 0 Å². The highest BCUT2D eigenvalue weighted by molar-refractivity contribution is 7.89. The molecule has 0 amide bonds. The van der Waals surface area contributed by atoms with E-state index in [1.807, 2.05) is 6.92 Å². The van der Waals surface area contributed by atoms with Gasteiger partial charge in [0.15, 0.2) is 0 Å². The van der Waals surface area contributed by atoms with E-state index in [0.717, 1.165) is 12.2 Å². The fourth-order valence-electron chi connectivity index (χ4n) is 1.97. The van der Waals surface area contributed by atoms with Crippen molar-refractivity contribution in [2.75, 3.05) is 26.8 Å². The standard InChI is InChI=1S/C15H24N2O3S/c1-12(16)14-5-7-15(8-6-14)21(18,19)17(2)9-10-20-11-13-3-4-13/h5-8,12-13H,3-4,9-11,16H2,1-2H3. The van der Waals surface area contributed by atoms with E-state index in [9.17, 15) is 8.42 Å². The van der Waals surface area contributed by atoms with Gasteiger partial charge in [-0.15, -0.1) is 0 Å². The molecule has 1 aliphatic rings. The molecule has 118 valence electrons. The van der Waals surface area contributed by atoms with Crippen LogP contribution in [0.3, 0.4) is 0 Å². The van der Waals surface area contributed by atoms with E-state index in [-0.39, 0.29) is 10.9 Å². The molecule has 1 saturated carbocycles. The van der Waals surface area contributed by atoms with Gasteiger partial charge >= 0.3 is 0 Å². The molecule has 0 spiro atoms. The third-order valence-electron chi connectivity index (χ3n) is 3.72. The Hall–Kier alpha value is -0.950. The van der Waals surface area contributed by atoms with Gasteiger partial charge in [-0.3, -0.25) is 0 Å². The molecule has 1 unspecified atom stereocenters. The Morgan fingerprint density at radius 3 is 2.48 bits per heavy atom. The number of hydrogen-bond acceptors (Lipinski definition) is 4. The highest BCUT2D eigenvalue weighted by atomic mass is 32.2. The number of ether oxygens (including phenoxy) is 1. The quantitative estimate of drug-likeness (QED) is 0.742. The van der Waals surface area contributed by atoms with Crippen LogP contribution in [0.2, 0.25) is 0 Å². The van der Waals surface area contributed by atoms with E-state index >= 15 is 0 Å². The summed E-state index contributed by atoms with van der Waals surface area (Å²) in [5.74, 6) is 0.692. The fourth-order valence-corrected chi connectivity index (χ4v) is 3.13. The van der Waals surface area contributed by atoms with Crippen molar-refractivity contribution in [2.45, 2.75) is 30.7 Å². The highest BCUT2D eigenvalue weighted by Gasteiger charge is 2.23. The van der Waals surface area contributed by atoms with Crippen molar-refractivity contribution in [1.82, 2.24) is 4.31 Å². The summed E-state index contributed by atoms with van der Waals surface area (Å²) >= 11 is 0. The van der Waals surface area contributed by atoms with E-state index in [0.29, 0.717) is 19.1 Å². The maximum Gasteiger partial charge on any atom is 0.242 e. The van der Waals surface area contributed by atoms with Gasteiger partial charge in [-0.1, -0.05) is 12.1 Å². The van der Waals surface area contributed by atoms with Gasteiger partial charge in [0.2, 0.25) is 10.0 Å². The lowest BCUT2D eigenvalue weighted by Crippen LogP contribution is -2.30. The van der Waals surface area contributed by atoms with Gasteiger partial charge in [-0.05, 0) is 43.4 Å². The van der Waals surface area contributed by atoms with Crippen LogP contribution in [0.5, 0.6) is 0 Å². The molecule has 2 rings (SSSR count). The third-order valence-corrected chi connectivity index (χ3v) is 5.59. The van der Waals surface area contributed by atoms with E-state index < -0.39 is 10.0 Å². The first-order valence-corrected chi connectivity index (χ1v) is 8.75. The largest absolute Gasteiger partial charge is 0.380 e. The van der Waals surface area contributed by atoms with Crippen molar-refractivity contribution in [3.8, 4) is 0 Å². The number of nitrogens with zero attached hydrogens (tertiary/aromatic N) is 1. The lowest BCUT2D eigenvalue weighted by atomic mass is 10.1. The minimum Gasteiger partial charge on any atom is -0.380 e. The number of benzene rings is 1. The molecule has 0 aromatic heterocycles. The molecule has 0 bridgehead atoms.